The summed E-state index contributed by atoms with van der Waals surface area (Å²) in [6.07, 6.45) is 6.67. The standard InChI is InChI=1S/C15H28N2O2/c1-5-7-13-16-15(3,6-2)14(18)17(13)11-8-9-12(10-11)19-4/h11-13,16H,5-10H2,1-4H3. The molecule has 19 heavy (non-hydrogen) atoms. The highest BCUT2D eigenvalue weighted by atomic mass is 16.5. The van der Waals surface area contributed by atoms with Crippen molar-refractivity contribution in [1.82, 2.24) is 10.2 Å². The van der Waals surface area contributed by atoms with Gasteiger partial charge in [0.2, 0.25) is 5.91 Å². The molecule has 1 N–H and O–H groups in total. The van der Waals surface area contributed by atoms with Crippen LogP contribution in [0.5, 0.6) is 0 Å². The zero-order chi connectivity index (χ0) is 14.0. The van der Waals surface area contributed by atoms with Crippen LogP contribution in [-0.2, 0) is 9.53 Å². The quantitative estimate of drug-likeness (QED) is 0.831. The number of rotatable bonds is 5. The molecular formula is C15H28N2O2. The van der Waals surface area contributed by atoms with Crippen LogP contribution in [0.4, 0.5) is 0 Å². The van der Waals surface area contributed by atoms with Crippen molar-refractivity contribution in [3.63, 3.8) is 0 Å². The van der Waals surface area contributed by atoms with Crippen LogP contribution in [0.3, 0.4) is 0 Å². The molecule has 4 heteroatoms. The van der Waals surface area contributed by atoms with E-state index in [1.807, 2.05) is 6.92 Å². The Kier molecular flexibility index (Phi) is 4.51. The predicted octanol–water partition coefficient (Wildman–Crippen LogP) is 2.28. The first-order chi connectivity index (χ1) is 9.05. The minimum absolute atomic E-state index is 0.211. The summed E-state index contributed by atoms with van der Waals surface area (Å²) in [5.74, 6) is 0.287. The molecule has 0 aromatic heterocycles. The van der Waals surface area contributed by atoms with Gasteiger partial charge in [0, 0.05) is 13.2 Å². The summed E-state index contributed by atoms with van der Waals surface area (Å²) in [5, 5.41) is 3.56. The van der Waals surface area contributed by atoms with Gasteiger partial charge in [-0.25, -0.2) is 0 Å². The third-order valence-corrected chi connectivity index (χ3v) is 4.88. The Morgan fingerprint density at radius 1 is 1.42 bits per heavy atom. The number of hydrogen-bond donors (Lipinski definition) is 1. The van der Waals surface area contributed by atoms with E-state index in [1.165, 1.54) is 0 Å². The van der Waals surface area contributed by atoms with E-state index in [-0.39, 0.29) is 17.6 Å². The van der Waals surface area contributed by atoms with Crippen molar-refractivity contribution in [2.24, 2.45) is 0 Å². The molecular weight excluding hydrogens is 240 g/mol. The molecule has 1 heterocycles. The van der Waals surface area contributed by atoms with E-state index in [1.54, 1.807) is 7.11 Å². The zero-order valence-corrected chi connectivity index (χ0v) is 12.7. The summed E-state index contributed by atoms with van der Waals surface area (Å²) < 4.78 is 5.45. The van der Waals surface area contributed by atoms with E-state index in [9.17, 15) is 4.79 Å². The van der Waals surface area contributed by atoms with Crippen LogP contribution in [0.15, 0.2) is 0 Å². The molecule has 4 atom stereocenters. The first-order valence-electron chi connectivity index (χ1n) is 7.69. The Bertz CT molecular complexity index is 334. The van der Waals surface area contributed by atoms with Crippen molar-refractivity contribution in [2.45, 2.75) is 83.1 Å². The first kappa shape index (κ1) is 14.8. The van der Waals surface area contributed by atoms with E-state index >= 15 is 0 Å². The van der Waals surface area contributed by atoms with E-state index in [2.05, 4.69) is 24.1 Å². The van der Waals surface area contributed by atoms with Crippen LogP contribution in [-0.4, -0.2) is 41.8 Å². The molecule has 1 amide bonds. The van der Waals surface area contributed by atoms with Crippen molar-refractivity contribution in [3.8, 4) is 0 Å². The van der Waals surface area contributed by atoms with Gasteiger partial charge in [0.25, 0.3) is 0 Å². The van der Waals surface area contributed by atoms with Gasteiger partial charge in [-0.15, -0.1) is 0 Å². The van der Waals surface area contributed by atoms with Crippen LogP contribution >= 0.6 is 0 Å². The van der Waals surface area contributed by atoms with Gasteiger partial charge in [-0.1, -0.05) is 20.3 Å². The van der Waals surface area contributed by atoms with Crippen LogP contribution in [0.2, 0.25) is 0 Å². The van der Waals surface area contributed by atoms with Crippen molar-refractivity contribution < 1.29 is 9.53 Å². The summed E-state index contributed by atoms with van der Waals surface area (Å²) in [6, 6.07) is 0.356. The van der Waals surface area contributed by atoms with Crippen molar-refractivity contribution in [1.29, 1.82) is 0 Å². The summed E-state index contributed by atoms with van der Waals surface area (Å²) in [7, 11) is 1.77. The monoisotopic (exact) mass is 268 g/mol. The van der Waals surface area contributed by atoms with Gasteiger partial charge in [0.15, 0.2) is 0 Å². The number of nitrogens with one attached hydrogen (secondary N) is 1. The highest BCUT2D eigenvalue weighted by Gasteiger charge is 2.49. The second-order valence-electron chi connectivity index (χ2n) is 6.17. The summed E-state index contributed by atoms with van der Waals surface area (Å²) in [6.45, 7) is 6.31. The molecule has 0 aromatic carbocycles. The maximum absolute atomic E-state index is 12.7. The molecule has 0 spiro atoms. The van der Waals surface area contributed by atoms with E-state index in [4.69, 9.17) is 4.74 Å². The van der Waals surface area contributed by atoms with Crippen LogP contribution in [0.1, 0.15) is 59.3 Å². The van der Waals surface area contributed by atoms with Gasteiger partial charge < -0.3 is 9.64 Å². The number of carbonyl (C=O) groups is 1. The van der Waals surface area contributed by atoms with E-state index in [0.29, 0.717) is 12.1 Å². The number of ether oxygens (including phenoxy) is 1. The van der Waals surface area contributed by atoms with Gasteiger partial charge in [-0.05, 0) is 39.0 Å². The van der Waals surface area contributed by atoms with Crippen LogP contribution in [0.25, 0.3) is 0 Å². The fourth-order valence-corrected chi connectivity index (χ4v) is 3.47. The van der Waals surface area contributed by atoms with E-state index in [0.717, 1.165) is 38.5 Å². The smallest absolute Gasteiger partial charge is 0.244 e. The second kappa shape index (κ2) is 5.80. The van der Waals surface area contributed by atoms with Crippen molar-refractivity contribution >= 4 is 5.91 Å². The van der Waals surface area contributed by atoms with E-state index < -0.39 is 0 Å². The van der Waals surface area contributed by atoms with Gasteiger partial charge in [-0.3, -0.25) is 10.1 Å². The highest BCUT2D eigenvalue weighted by Crippen LogP contribution is 2.34. The third kappa shape index (κ3) is 2.65. The fraction of sp³-hybridized carbons (Fsp3) is 0.933. The van der Waals surface area contributed by atoms with Gasteiger partial charge in [-0.2, -0.15) is 0 Å². The lowest BCUT2D eigenvalue weighted by Crippen LogP contribution is -2.44. The molecule has 2 fully saturated rings. The summed E-state index contributed by atoms with van der Waals surface area (Å²) >= 11 is 0. The molecule has 0 aromatic rings. The topological polar surface area (TPSA) is 41.6 Å². The molecule has 4 nitrogen and oxygen atoms in total. The molecule has 2 rings (SSSR count). The molecule has 2 aliphatic rings. The highest BCUT2D eigenvalue weighted by molar-refractivity contribution is 5.88. The minimum atomic E-state index is -0.370. The van der Waals surface area contributed by atoms with Crippen LogP contribution in [0, 0.1) is 0 Å². The lowest BCUT2D eigenvalue weighted by Gasteiger charge is -2.30. The Morgan fingerprint density at radius 2 is 2.16 bits per heavy atom. The number of carbonyl (C=O) groups excluding carboxylic acids is 1. The summed E-state index contributed by atoms with van der Waals surface area (Å²) in [4.78, 5) is 14.9. The van der Waals surface area contributed by atoms with Crippen molar-refractivity contribution in [3.05, 3.63) is 0 Å². The number of nitrogens with zero attached hydrogens (tertiary/aromatic N) is 1. The fourth-order valence-electron chi connectivity index (χ4n) is 3.47. The average Bonchev–Trinajstić information content (AvgIpc) is 2.95. The number of hydrogen-bond acceptors (Lipinski definition) is 3. The lowest BCUT2D eigenvalue weighted by molar-refractivity contribution is -0.135. The molecule has 110 valence electrons. The second-order valence-corrected chi connectivity index (χ2v) is 6.17. The maximum Gasteiger partial charge on any atom is 0.244 e. The predicted molar refractivity (Wildman–Crippen MR) is 75.8 cm³/mol. The Morgan fingerprint density at radius 3 is 2.68 bits per heavy atom. The zero-order valence-electron chi connectivity index (χ0n) is 12.7. The summed E-state index contributed by atoms with van der Waals surface area (Å²) in [5.41, 5.74) is -0.370. The number of methoxy groups -OCH3 is 1. The van der Waals surface area contributed by atoms with Gasteiger partial charge in [0.05, 0.1) is 17.8 Å². The Hall–Kier alpha value is -0.610. The molecule has 1 aliphatic carbocycles. The maximum atomic E-state index is 12.7. The lowest BCUT2D eigenvalue weighted by atomic mass is 9.99. The minimum Gasteiger partial charge on any atom is -0.381 e. The third-order valence-electron chi connectivity index (χ3n) is 4.88. The Labute approximate surface area is 116 Å². The molecule has 4 unspecified atom stereocenters. The average molecular weight is 268 g/mol. The van der Waals surface area contributed by atoms with Crippen LogP contribution < -0.4 is 5.32 Å². The van der Waals surface area contributed by atoms with Gasteiger partial charge >= 0.3 is 0 Å². The molecule has 1 saturated carbocycles. The molecule has 0 radical (unpaired) electrons. The van der Waals surface area contributed by atoms with Crippen molar-refractivity contribution in [2.75, 3.05) is 7.11 Å². The molecule has 1 aliphatic heterocycles. The molecule has 1 saturated heterocycles. The number of amides is 1. The SMILES string of the molecule is CCCC1NC(C)(CC)C(=O)N1C1CCC(OC)C1. The van der Waals surface area contributed by atoms with Gasteiger partial charge in [0.1, 0.15) is 0 Å². The Balaban J connectivity index is 2.14. The normalized spacial score (nSPS) is 39.3. The largest absolute Gasteiger partial charge is 0.381 e. The first-order valence-corrected chi connectivity index (χ1v) is 7.69. The molecule has 0 bridgehead atoms.